The van der Waals surface area contributed by atoms with Gasteiger partial charge in [-0.05, 0) is 43.5 Å². The lowest BCUT2D eigenvalue weighted by Gasteiger charge is -2.27. The highest BCUT2D eigenvalue weighted by Gasteiger charge is 2.26. The number of amides is 1. The number of anilines is 1. The number of pyridine rings is 2. The largest absolute Gasteiger partial charge is 0.376 e. The average molecular weight is 444 g/mol. The molecule has 33 heavy (non-hydrogen) atoms. The summed E-state index contributed by atoms with van der Waals surface area (Å²) in [7, 11) is 3.98. The minimum absolute atomic E-state index is 0.0458. The number of imidazole rings is 1. The Morgan fingerprint density at radius 1 is 1.18 bits per heavy atom. The zero-order valence-electron chi connectivity index (χ0n) is 19.4. The predicted octanol–water partition coefficient (Wildman–Crippen LogP) is 4.08. The van der Waals surface area contributed by atoms with Gasteiger partial charge in [0.05, 0.1) is 11.6 Å². The number of rotatable bonds is 6. The van der Waals surface area contributed by atoms with Crippen molar-refractivity contribution in [3.05, 3.63) is 71.7 Å². The van der Waals surface area contributed by atoms with Crippen molar-refractivity contribution in [1.82, 2.24) is 19.3 Å². The molecule has 1 saturated heterocycles. The molecular weight excluding hydrogens is 414 g/mol. The standard InChI is InChI=1S/C26H29N5O2/c1-18-8-6-9-19-14-20(25(29(2)3)28-24(18)19)15-31(16-21-10-7-13-33-21)26(32)22-17-30-12-5-4-11-23(30)27-22/h4-6,8-9,11-12,14,17,21H,7,10,13,15-16H2,1-3H3. The molecule has 0 aliphatic carbocycles. The number of para-hydroxylation sites is 1. The summed E-state index contributed by atoms with van der Waals surface area (Å²) in [6.45, 7) is 3.80. The molecule has 0 saturated carbocycles. The van der Waals surface area contributed by atoms with Gasteiger partial charge in [-0.1, -0.05) is 24.3 Å². The Balaban J connectivity index is 1.53. The van der Waals surface area contributed by atoms with Gasteiger partial charge in [-0.25, -0.2) is 9.97 Å². The summed E-state index contributed by atoms with van der Waals surface area (Å²) in [4.78, 5) is 27.1. The molecule has 4 aromatic rings. The van der Waals surface area contributed by atoms with Gasteiger partial charge in [-0.2, -0.15) is 0 Å². The molecule has 1 aromatic carbocycles. The molecule has 4 heterocycles. The van der Waals surface area contributed by atoms with E-state index in [1.807, 2.05) is 58.8 Å². The van der Waals surface area contributed by atoms with E-state index < -0.39 is 0 Å². The Bertz CT molecular complexity index is 1270. The number of aromatic nitrogens is 3. The molecule has 1 amide bonds. The Kier molecular flexibility index (Phi) is 5.72. The van der Waals surface area contributed by atoms with Crippen molar-refractivity contribution in [2.45, 2.75) is 32.4 Å². The summed E-state index contributed by atoms with van der Waals surface area (Å²) in [5.41, 5.74) is 4.33. The van der Waals surface area contributed by atoms with Crippen LogP contribution < -0.4 is 4.90 Å². The fourth-order valence-electron chi connectivity index (χ4n) is 4.54. The molecule has 5 rings (SSSR count). The van der Waals surface area contributed by atoms with Crippen molar-refractivity contribution in [2.75, 3.05) is 32.1 Å². The summed E-state index contributed by atoms with van der Waals surface area (Å²) in [6.07, 6.45) is 5.74. The third-order valence-corrected chi connectivity index (χ3v) is 6.21. The summed E-state index contributed by atoms with van der Waals surface area (Å²) >= 11 is 0. The zero-order valence-corrected chi connectivity index (χ0v) is 19.4. The Labute approximate surface area is 193 Å². The smallest absolute Gasteiger partial charge is 0.274 e. The van der Waals surface area contributed by atoms with Crippen LogP contribution in [0.15, 0.2) is 54.9 Å². The van der Waals surface area contributed by atoms with Crippen molar-refractivity contribution in [2.24, 2.45) is 0 Å². The highest BCUT2D eigenvalue weighted by atomic mass is 16.5. The van der Waals surface area contributed by atoms with Gasteiger partial charge in [0.25, 0.3) is 5.91 Å². The van der Waals surface area contributed by atoms with Crippen LogP contribution in [0.3, 0.4) is 0 Å². The molecule has 7 heteroatoms. The van der Waals surface area contributed by atoms with Gasteiger partial charge in [-0.3, -0.25) is 4.79 Å². The first-order chi connectivity index (χ1) is 16.0. The van der Waals surface area contributed by atoms with Gasteiger partial charge in [0.1, 0.15) is 17.2 Å². The summed E-state index contributed by atoms with van der Waals surface area (Å²) in [5.74, 6) is 0.778. The average Bonchev–Trinajstić information content (AvgIpc) is 3.47. The summed E-state index contributed by atoms with van der Waals surface area (Å²) in [6, 6.07) is 14.1. The number of benzene rings is 1. The number of ether oxygens (including phenoxy) is 1. The highest BCUT2D eigenvalue weighted by molar-refractivity contribution is 5.93. The molecule has 0 radical (unpaired) electrons. The van der Waals surface area contributed by atoms with Crippen LogP contribution in [-0.4, -0.2) is 58.5 Å². The normalized spacial score (nSPS) is 15.9. The van der Waals surface area contributed by atoms with Crippen LogP contribution in [0.5, 0.6) is 0 Å². The molecule has 1 unspecified atom stereocenters. The number of carbonyl (C=O) groups is 1. The van der Waals surface area contributed by atoms with Gasteiger partial charge in [-0.15, -0.1) is 0 Å². The molecule has 1 aliphatic rings. The first-order valence-corrected chi connectivity index (χ1v) is 11.4. The number of fused-ring (bicyclic) bond motifs is 2. The third-order valence-electron chi connectivity index (χ3n) is 6.21. The van der Waals surface area contributed by atoms with E-state index >= 15 is 0 Å². The molecular formula is C26H29N5O2. The van der Waals surface area contributed by atoms with E-state index in [1.165, 1.54) is 0 Å². The van der Waals surface area contributed by atoms with E-state index in [4.69, 9.17) is 9.72 Å². The fraction of sp³-hybridized carbons (Fsp3) is 0.346. The molecule has 1 aliphatic heterocycles. The minimum atomic E-state index is -0.0942. The first kappa shape index (κ1) is 21.4. The maximum atomic E-state index is 13.7. The van der Waals surface area contributed by atoms with Crippen LogP contribution in [0.2, 0.25) is 0 Å². The quantitative estimate of drug-likeness (QED) is 0.449. The van der Waals surface area contributed by atoms with Crippen LogP contribution in [0, 0.1) is 6.92 Å². The Morgan fingerprint density at radius 2 is 2.06 bits per heavy atom. The van der Waals surface area contributed by atoms with E-state index in [0.29, 0.717) is 18.8 Å². The summed E-state index contributed by atoms with van der Waals surface area (Å²) < 4.78 is 7.76. The number of aryl methyl sites for hydroxylation is 1. The van der Waals surface area contributed by atoms with Crippen molar-refractivity contribution in [3.63, 3.8) is 0 Å². The predicted molar refractivity (Wildman–Crippen MR) is 130 cm³/mol. The van der Waals surface area contributed by atoms with Crippen LogP contribution >= 0.6 is 0 Å². The second-order valence-corrected chi connectivity index (χ2v) is 8.93. The van der Waals surface area contributed by atoms with Gasteiger partial charge >= 0.3 is 0 Å². The zero-order chi connectivity index (χ0) is 22.9. The lowest BCUT2D eigenvalue weighted by Crippen LogP contribution is -2.37. The van der Waals surface area contributed by atoms with Gasteiger partial charge in [0.2, 0.25) is 0 Å². The van der Waals surface area contributed by atoms with Crippen molar-refractivity contribution < 1.29 is 9.53 Å². The summed E-state index contributed by atoms with van der Waals surface area (Å²) in [5, 5.41) is 1.08. The van der Waals surface area contributed by atoms with Gasteiger partial charge in [0.15, 0.2) is 0 Å². The Hall–Kier alpha value is -3.45. The number of hydrogen-bond acceptors (Lipinski definition) is 5. The number of hydrogen-bond donors (Lipinski definition) is 0. The fourth-order valence-corrected chi connectivity index (χ4v) is 4.54. The molecule has 170 valence electrons. The second kappa shape index (κ2) is 8.83. The molecule has 0 spiro atoms. The Morgan fingerprint density at radius 3 is 2.82 bits per heavy atom. The van der Waals surface area contributed by atoms with E-state index in [1.54, 1.807) is 6.20 Å². The molecule has 1 atom stereocenters. The molecule has 0 bridgehead atoms. The van der Waals surface area contributed by atoms with Crippen LogP contribution in [-0.2, 0) is 11.3 Å². The topological polar surface area (TPSA) is 63.0 Å². The van der Waals surface area contributed by atoms with Crippen LogP contribution in [0.1, 0.15) is 34.5 Å². The molecule has 0 N–H and O–H groups in total. The maximum absolute atomic E-state index is 13.7. The molecule has 1 fully saturated rings. The maximum Gasteiger partial charge on any atom is 0.274 e. The number of carbonyl (C=O) groups excluding carboxylic acids is 1. The minimum Gasteiger partial charge on any atom is -0.376 e. The van der Waals surface area contributed by atoms with Crippen LogP contribution in [0.25, 0.3) is 16.6 Å². The van der Waals surface area contributed by atoms with E-state index in [-0.39, 0.29) is 12.0 Å². The van der Waals surface area contributed by atoms with E-state index in [9.17, 15) is 4.79 Å². The van der Waals surface area contributed by atoms with E-state index in [0.717, 1.165) is 52.9 Å². The number of nitrogens with zero attached hydrogens (tertiary/aromatic N) is 5. The van der Waals surface area contributed by atoms with Crippen molar-refractivity contribution in [1.29, 1.82) is 0 Å². The molecule has 3 aromatic heterocycles. The lowest BCUT2D eigenvalue weighted by atomic mass is 10.1. The van der Waals surface area contributed by atoms with Gasteiger partial charge < -0.3 is 18.9 Å². The van der Waals surface area contributed by atoms with Crippen molar-refractivity contribution >= 4 is 28.3 Å². The lowest BCUT2D eigenvalue weighted by molar-refractivity contribution is 0.0503. The third kappa shape index (κ3) is 4.28. The SMILES string of the molecule is Cc1cccc2cc(CN(CC3CCCO3)C(=O)c3cn4ccccc4n3)c(N(C)C)nc12. The molecule has 7 nitrogen and oxygen atoms in total. The van der Waals surface area contributed by atoms with E-state index in [2.05, 4.69) is 30.1 Å². The monoisotopic (exact) mass is 443 g/mol. The van der Waals surface area contributed by atoms with Gasteiger partial charge in [0, 0.05) is 57.1 Å². The second-order valence-electron chi connectivity index (χ2n) is 8.93. The van der Waals surface area contributed by atoms with Crippen LogP contribution in [0.4, 0.5) is 5.82 Å². The van der Waals surface area contributed by atoms with Crippen molar-refractivity contribution in [3.8, 4) is 0 Å². The highest BCUT2D eigenvalue weighted by Crippen LogP contribution is 2.27. The first-order valence-electron chi connectivity index (χ1n) is 11.4.